The minimum absolute atomic E-state index is 0.00696. The van der Waals surface area contributed by atoms with Gasteiger partial charge in [0.25, 0.3) is 0 Å². The molecule has 1 heterocycles. The van der Waals surface area contributed by atoms with Crippen molar-refractivity contribution in [2.45, 2.75) is 64.5 Å². The lowest BCUT2D eigenvalue weighted by molar-refractivity contribution is -0.138. The van der Waals surface area contributed by atoms with Gasteiger partial charge >= 0.3 is 0 Å². The van der Waals surface area contributed by atoms with E-state index in [-0.39, 0.29) is 23.9 Å². The minimum atomic E-state index is -0.270. The number of carbonyl (C=O) groups excluding carboxylic acids is 2. The Labute approximate surface area is 139 Å². The summed E-state index contributed by atoms with van der Waals surface area (Å²) >= 11 is 0. The molecule has 2 amide bonds. The summed E-state index contributed by atoms with van der Waals surface area (Å²) in [7, 11) is 0. The van der Waals surface area contributed by atoms with Crippen molar-refractivity contribution in [3.05, 3.63) is 35.9 Å². The average Bonchev–Trinajstić information content (AvgIpc) is 3.04. The van der Waals surface area contributed by atoms with Crippen molar-refractivity contribution < 1.29 is 9.59 Å². The van der Waals surface area contributed by atoms with Crippen LogP contribution >= 0.6 is 0 Å². The predicted molar refractivity (Wildman–Crippen MR) is 92.0 cm³/mol. The fourth-order valence-electron chi connectivity index (χ4n) is 3.13. The van der Waals surface area contributed by atoms with Crippen LogP contribution in [0.5, 0.6) is 0 Å². The monoisotopic (exact) mass is 316 g/mol. The van der Waals surface area contributed by atoms with Crippen molar-refractivity contribution in [2.75, 3.05) is 6.54 Å². The molecule has 1 N–H and O–H groups in total. The number of likely N-dealkylation sites (tertiary alicyclic amines) is 1. The number of amides is 2. The molecule has 126 valence electrons. The molecular formula is C19H28N2O2. The molecule has 0 aliphatic carbocycles. The van der Waals surface area contributed by atoms with Gasteiger partial charge in [-0.25, -0.2) is 0 Å². The fourth-order valence-corrected chi connectivity index (χ4v) is 3.13. The van der Waals surface area contributed by atoms with Gasteiger partial charge in [-0.3, -0.25) is 9.59 Å². The molecule has 2 atom stereocenters. The Kier molecular flexibility index (Phi) is 6.63. The number of nitrogens with one attached hydrogen (secondary N) is 1. The van der Waals surface area contributed by atoms with E-state index >= 15 is 0 Å². The van der Waals surface area contributed by atoms with Crippen LogP contribution in [0.25, 0.3) is 0 Å². The Morgan fingerprint density at radius 1 is 1.30 bits per heavy atom. The Morgan fingerprint density at radius 2 is 2.04 bits per heavy atom. The summed E-state index contributed by atoms with van der Waals surface area (Å²) in [5.41, 5.74) is 1.29. The zero-order valence-electron chi connectivity index (χ0n) is 14.3. The summed E-state index contributed by atoms with van der Waals surface area (Å²) in [6.45, 7) is 4.75. The normalized spacial score (nSPS) is 18.7. The number of hydrogen-bond donors (Lipinski definition) is 1. The van der Waals surface area contributed by atoms with E-state index in [1.807, 2.05) is 32.0 Å². The van der Waals surface area contributed by atoms with E-state index in [1.54, 1.807) is 4.90 Å². The van der Waals surface area contributed by atoms with Crippen LogP contribution in [0.3, 0.4) is 0 Å². The Balaban J connectivity index is 1.81. The van der Waals surface area contributed by atoms with E-state index in [0.29, 0.717) is 6.42 Å². The molecule has 1 aromatic rings. The molecule has 1 fully saturated rings. The molecule has 0 radical (unpaired) electrons. The molecule has 1 aliphatic rings. The highest BCUT2D eigenvalue weighted by molar-refractivity contribution is 5.88. The molecule has 0 aromatic heterocycles. The fraction of sp³-hybridized carbons (Fsp3) is 0.579. The van der Waals surface area contributed by atoms with Gasteiger partial charge in [0.1, 0.15) is 6.04 Å². The molecule has 4 heteroatoms. The lowest BCUT2D eigenvalue weighted by Crippen LogP contribution is -2.48. The van der Waals surface area contributed by atoms with Gasteiger partial charge in [0.2, 0.25) is 11.8 Å². The van der Waals surface area contributed by atoms with Gasteiger partial charge in [-0.05, 0) is 44.6 Å². The van der Waals surface area contributed by atoms with Gasteiger partial charge in [-0.1, -0.05) is 37.3 Å². The van der Waals surface area contributed by atoms with Crippen LogP contribution in [0.1, 0.15) is 51.5 Å². The zero-order chi connectivity index (χ0) is 16.7. The maximum absolute atomic E-state index is 12.5. The summed E-state index contributed by atoms with van der Waals surface area (Å²) in [5, 5.41) is 3.09. The zero-order valence-corrected chi connectivity index (χ0v) is 14.3. The second-order valence-electron chi connectivity index (χ2n) is 6.43. The van der Waals surface area contributed by atoms with Crippen molar-refractivity contribution >= 4 is 11.8 Å². The summed E-state index contributed by atoms with van der Waals surface area (Å²) in [5.74, 6) is 0.120. The summed E-state index contributed by atoms with van der Waals surface area (Å²) in [6, 6.07) is 10.1. The van der Waals surface area contributed by atoms with Crippen LogP contribution < -0.4 is 5.32 Å². The maximum Gasteiger partial charge on any atom is 0.243 e. The third kappa shape index (κ3) is 5.08. The summed E-state index contributed by atoms with van der Waals surface area (Å²) < 4.78 is 0. The number of rotatable bonds is 7. The van der Waals surface area contributed by atoms with Gasteiger partial charge in [-0.2, -0.15) is 0 Å². The van der Waals surface area contributed by atoms with Crippen molar-refractivity contribution in [3.63, 3.8) is 0 Å². The third-order valence-electron chi connectivity index (χ3n) is 4.44. The van der Waals surface area contributed by atoms with Crippen molar-refractivity contribution in [2.24, 2.45) is 0 Å². The second-order valence-corrected chi connectivity index (χ2v) is 6.43. The highest BCUT2D eigenvalue weighted by atomic mass is 16.2. The Bertz CT molecular complexity index is 515. The van der Waals surface area contributed by atoms with E-state index in [4.69, 9.17) is 0 Å². The first-order valence-corrected chi connectivity index (χ1v) is 8.75. The quantitative estimate of drug-likeness (QED) is 0.841. The number of carbonyl (C=O) groups is 2. The summed E-state index contributed by atoms with van der Waals surface area (Å²) in [6.07, 6.45) is 4.93. The molecule has 2 rings (SSSR count). The van der Waals surface area contributed by atoms with Crippen LogP contribution in [0.4, 0.5) is 0 Å². The predicted octanol–water partition coefficient (Wildman–Crippen LogP) is 2.92. The molecule has 1 saturated heterocycles. The molecule has 4 nitrogen and oxygen atoms in total. The second kappa shape index (κ2) is 8.70. The molecule has 23 heavy (non-hydrogen) atoms. The average molecular weight is 316 g/mol. The lowest BCUT2D eigenvalue weighted by Gasteiger charge is -2.25. The van der Waals surface area contributed by atoms with Gasteiger partial charge in [0, 0.05) is 19.0 Å². The minimum Gasteiger partial charge on any atom is -0.352 e. The highest BCUT2D eigenvalue weighted by Gasteiger charge is 2.33. The Morgan fingerprint density at radius 3 is 2.74 bits per heavy atom. The van der Waals surface area contributed by atoms with Crippen LogP contribution in [0, 0.1) is 0 Å². The number of nitrogens with zero attached hydrogens (tertiary/aromatic N) is 1. The molecule has 1 aliphatic heterocycles. The van der Waals surface area contributed by atoms with Crippen molar-refractivity contribution in [3.8, 4) is 0 Å². The van der Waals surface area contributed by atoms with E-state index < -0.39 is 0 Å². The first kappa shape index (κ1) is 17.5. The maximum atomic E-state index is 12.5. The smallest absolute Gasteiger partial charge is 0.243 e. The van der Waals surface area contributed by atoms with Gasteiger partial charge in [-0.15, -0.1) is 0 Å². The van der Waals surface area contributed by atoms with Crippen LogP contribution in [-0.2, 0) is 16.0 Å². The van der Waals surface area contributed by atoms with Gasteiger partial charge in [0.15, 0.2) is 0 Å². The van der Waals surface area contributed by atoms with Gasteiger partial charge < -0.3 is 10.2 Å². The van der Waals surface area contributed by atoms with E-state index in [2.05, 4.69) is 17.4 Å². The molecule has 0 unspecified atom stereocenters. The summed E-state index contributed by atoms with van der Waals surface area (Å²) in [4.78, 5) is 26.4. The van der Waals surface area contributed by atoms with Crippen LogP contribution in [0.2, 0.25) is 0 Å². The first-order chi connectivity index (χ1) is 11.1. The molecule has 0 bridgehead atoms. The number of hydrogen-bond acceptors (Lipinski definition) is 2. The standard InChI is InChI=1S/C19H28N2O2/c1-3-8-18(22)21-14-7-11-17(21)19(23)20-15(2)12-13-16-9-5-4-6-10-16/h4-6,9-10,15,17H,3,7-8,11-14H2,1-2H3,(H,20,23)/t15-,17-/m0/s1. The molecule has 1 aromatic carbocycles. The number of aryl methyl sites for hydroxylation is 1. The van der Waals surface area contributed by atoms with E-state index in [1.165, 1.54) is 5.56 Å². The lowest BCUT2D eigenvalue weighted by atomic mass is 10.1. The topological polar surface area (TPSA) is 49.4 Å². The number of benzene rings is 1. The van der Waals surface area contributed by atoms with Crippen molar-refractivity contribution in [1.82, 2.24) is 10.2 Å². The molecule has 0 spiro atoms. The molecule has 0 saturated carbocycles. The third-order valence-corrected chi connectivity index (χ3v) is 4.44. The van der Waals surface area contributed by atoms with E-state index in [0.717, 1.165) is 38.6 Å². The Hall–Kier alpha value is -1.84. The van der Waals surface area contributed by atoms with Crippen LogP contribution in [-0.4, -0.2) is 35.3 Å². The van der Waals surface area contributed by atoms with Gasteiger partial charge in [0.05, 0.1) is 0 Å². The van der Waals surface area contributed by atoms with E-state index in [9.17, 15) is 9.59 Å². The largest absolute Gasteiger partial charge is 0.352 e. The van der Waals surface area contributed by atoms with Crippen molar-refractivity contribution in [1.29, 1.82) is 0 Å². The van der Waals surface area contributed by atoms with Crippen LogP contribution in [0.15, 0.2) is 30.3 Å². The molecular weight excluding hydrogens is 288 g/mol. The SMILES string of the molecule is CCCC(=O)N1CCC[C@H]1C(=O)N[C@@H](C)CCc1ccccc1. The highest BCUT2D eigenvalue weighted by Crippen LogP contribution is 2.19. The first-order valence-electron chi connectivity index (χ1n) is 8.75.